The molecule has 1 fully saturated rings. The zero-order valence-electron chi connectivity index (χ0n) is 16.0. The molecular weight excluding hydrogens is 336 g/mol. The Labute approximate surface area is 162 Å². The number of rotatable bonds is 7. The van der Waals surface area contributed by atoms with Gasteiger partial charge in [-0.1, -0.05) is 54.6 Å². The molecule has 1 aliphatic heterocycles. The highest BCUT2D eigenvalue weighted by atomic mass is 16.5. The lowest BCUT2D eigenvalue weighted by Crippen LogP contribution is -2.49. The van der Waals surface area contributed by atoms with Crippen LogP contribution in [0.5, 0.6) is 5.75 Å². The van der Waals surface area contributed by atoms with E-state index in [0.29, 0.717) is 13.0 Å². The van der Waals surface area contributed by atoms with Crippen LogP contribution in [-0.2, 0) is 11.2 Å². The van der Waals surface area contributed by atoms with Crippen LogP contribution in [0.15, 0.2) is 60.7 Å². The van der Waals surface area contributed by atoms with Crippen molar-refractivity contribution in [2.24, 2.45) is 0 Å². The monoisotopic (exact) mass is 364 g/mol. The van der Waals surface area contributed by atoms with Crippen LogP contribution < -0.4 is 4.74 Å². The lowest BCUT2D eigenvalue weighted by atomic mass is 10.1. The molecule has 1 aliphatic rings. The summed E-state index contributed by atoms with van der Waals surface area (Å²) in [5, 5.41) is 0. The molecule has 0 N–H and O–H groups in total. The van der Waals surface area contributed by atoms with E-state index in [1.165, 1.54) is 5.56 Å². The summed E-state index contributed by atoms with van der Waals surface area (Å²) in [7, 11) is 0. The molecule has 1 amide bonds. The first kappa shape index (κ1) is 19.2. The Morgan fingerprint density at radius 1 is 1.00 bits per heavy atom. The van der Waals surface area contributed by atoms with Crippen molar-refractivity contribution in [1.29, 1.82) is 0 Å². The van der Waals surface area contributed by atoms with Crippen molar-refractivity contribution in [3.05, 3.63) is 71.8 Å². The van der Waals surface area contributed by atoms with E-state index in [2.05, 4.69) is 41.3 Å². The summed E-state index contributed by atoms with van der Waals surface area (Å²) in [5.74, 6) is 1.06. The van der Waals surface area contributed by atoms with Gasteiger partial charge in [0.2, 0.25) is 5.91 Å². The fourth-order valence-corrected chi connectivity index (χ4v) is 3.24. The highest BCUT2D eigenvalue weighted by Crippen LogP contribution is 2.14. The molecule has 0 spiro atoms. The molecule has 1 saturated heterocycles. The third kappa shape index (κ3) is 5.97. The van der Waals surface area contributed by atoms with Crippen LogP contribution >= 0.6 is 0 Å². The van der Waals surface area contributed by atoms with Crippen LogP contribution in [0.4, 0.5) is 0 Å². The van der Waals surface area contributed by atoms with E-state index in [-0.39, 0.29) is 5.91 Å². The molecule has 3 rings (SSSR count). The molecular formula is C23H28N2O2. The second-order valence-corrected chi connectivity index (χ2v) is 6.75. The first-order valence-electron chi connectivity index (χ1n) is 9.68. The molecule has 0 atom stereocenters. The van der Waals surface area contributed by atoms with Gasteiger partial charge >= 0.3 is 0 Å². The third-order valence-electron chi connectivity index (χ3n) is 4.79. The highest BCUT2D eigenvalue weighted by molar-refractivity contribution is 5.79. The van der Waals surface area contributed by atoms with Gasteiger partial charge in [0.1, 0.15) is 5.75 Å². The molecule has 2 aromatic carbocycles. The molecule has 27 heavy (non-hydrogen) atoms. The first-order valence-corrected chi connectivity index (χ1v) is 9.68. The average molecular weight is 364 g/mol. The number of carbonyl (C=O) groups is 1. The number of ether oxygens (including phenoxy) is 1. The van der Waals surface area contributed by atoms with Crippen LogP contribution in [-0.4, -0.2) is 55.0 Å². The van der Waals surface area contributed by atoms with Crippen molar-refractivity contribution < 1.29 is 9.53 Å². The summed E-state index contributed by atoms with van der Waals surface area (Å²) in [6.07, 6.45) is 4.82. The van der Waals surface area contributed by atoms with Crippen molar-refractivity contribution >= 4 is 12.0 Å². The Hall–Kier alpha value is -2.59. The molecule has 2 aromatic rings. The summed E-state index contributed by atoms with van der Waals surface area (Å²) < 4.78 is 5.45. The maximum Gasteiger partial charge on any atom is 0.227 e. The van der Waals surface area contributed by atoms with E-state index in [1.807, 2.05) is 42.2 Å². The second kappa shape index (κ2) is 9.93. The zero-order valence-corrected chi connectivity index (χ0v) is 16.0. The topological polar surface area (TPSA) is 32.8 Å². The Morgan fingerprint density at radius 3 is 2.37 bits per heavy atom. The molecule has 4 heteroatoms. The fourth-order valence-electron chi connectivity index (χ4n) is 3.24. The van der Waals surface area contributed by atoms with Crippen LogP contribution in [0.1, 0.15) is 18.1 Å². The van der Waals surface area contributed by atoms with Gasteiger partial charge in [-0.25, -0.2) is 0 Å². The summed E-state index contributed by atoms with van der Waals surface area (Å²) in [6.45, 7) is 7.00. The summed E-state index contributed by atoms with van der Waals surface area (Å²) in [4.78, 5) is 16.9. The summed E-state index contributed by atoms with van der Waals surface area (Å²) in [6, 6.07) is 18.2. The first-order chi connectivity index (χ1) is 13.2. The van der Waals surface area contributed by atoms with Crippen molar-refractivity contribution in [2.75, 3.05) is 39.3 Å². The largest absolute Gasteiger partial charge is 0.494 e. The Morgan fingerprint density at radius 2 is 1.70 bits per heavy atom. The number of benzene rings is 2. The van der Waals surface area contributed by atoms with Crippen molar-refractivity contribution in [3.8, 4) is 5.75 Å². The standard InChI is InChI=1S/C23H28N2O2/c1-2-27-22-12-10-21(11-13-22)19-23(26)25-17-15-24(16-18-25)14-6-9-20-7-4-3-5-8-20/h3-13H,2,14-19H2,1H3/b9-6+. The molecule has 0 unspecified atom stereocenters. The number of hydrogen-bond acceptors (Lipinski definition) is 3. The Bertz CT molecular complexity index is 733. The van der Waals surface area contributed by atoms with Gasteiger partial charge in [0.05, 0.1) is 13.0 Å². The molecule has 0 aromatic heterocycles. The highest BCUT2D eigenvalue weighted by Gasteiger charge is 2.20. The normalized spacial score (nSPS) is 15.2. The van der Waals surface area contributed by atoms with Gasteiger partial charge in [0.15, 0.2) is 0 Å². The number of hydrogen-bond donors (Lipinski definition) is 0. The number of amides is 1. The maximum atomic E-state index is 12.5. The minimum absolute atomic E-state index is 0.207. The summed E-state index contributed by atoms with van der Waals surface area (Å²) >= 11 is 0. The minimum atomic E-state index is 0.207. The van der Waals surface area contributed by atoms with E-state index in [9.17, 15) is 4.79 Å². The Balaban J connectivity index is 1.41. The van der Waals surface area contributed by atoms with E-state index >= 15 is 0 Å². The number of piperazine rings is 1. The van der Waals surface area contributed by atoms with Crippen LogP contribution in [0.3, 0.4) is 0 Å². The fraction of sp³-hybridized carbons (Fsp3) is 0.348. The van der Waals surface area contributed by atoms with E-state index in [4.69, 9.17) is 4.74 Å². The number of nitrogens with zero attached hydrogens (tertiary/aromatic N) is 2. The predicted octanol–water partition coefficient (Wildman–Crippen LogP) is 3.49. The Kier molecular flexibility index (Phi) is 7.05. The summed E-state index contributed by atoms with van der Waals surface area (Å²) in [5.41, 5.74) is 2.26. The second-order valence-electron chi connectivity index (χ2n) is 6.75. The van der Waals surface area contributed by atoms with E-state index in [0.717, 1.165) is 44.0 Å². The van der Waals surface area contributed by atoms with Gasteiger partial charge in [0.25, 0.3) is 0 Å². The van der Waals surface area contributed by atoms with Gasteiger partial charge in [-0.3, -0.25) is 9.69 Å². The SMILES string of the molecule is CCOc1ccc(CC(=O)N2CCN(C/C=C/c3ccccc3)CC2)cc1. The maximum absolute atomic E-state index is 12.5. The van der Waals surface area contributed by atoms with Gasteiger partial charge in [-0.15, -0.1) is 0 Å². The van der Waals surface area contributed by atoms with Gasteiger partial charge in [-0.2, -0.15) is 0 Å². The zero-order chi connectivity index (χ0) is 18.9. The molecule has 0 radical (unpaired) electrons. The lowest BCUT2D eigenvalue weighted by Gasteiger charge is -2.34. The smallest absolute Gasteiger partial charge is 0.227 e. The van der Waals surface area contributed by atoms with Crippen LogP contribution in [0, 0.1) is 0 Å². The average Bonchev–Trinajstić information content (AvgIpc) is 2.71. The van der Waals surface area contributed by atoms with Crippen molar-refractivity contribution in [1.82, 2.24) is 9.80 Å². The van der Waals surface area contributed by atoms with Gasteiger partial charge in [-0.05, 0) is 30.2 Å². The third-order valence-corrected chi connectivity index (χ3v) is 4.79. The minimum Gasteiger partial charge on any atom is -0.494 e. The van der Waals surface area contributed by atoms with Crippen molar-refractivity contribution in [3.63, 3.8) is 0 Å². The van der Waals surface area contributed by atoms with E-state index in [1.54, 1.807) is 0 Å². The van der Waals surface area contributed by atoms with Gasteiger partial charge < -0.3 is 9.64 Å². The predicted molar refractivity (Wildman–Crippen MR) is 110 cm³/mol. The van der Waals surface area contributed by atoms with E-state index < -0.39 is 0 Å². The quantitative estimate of drug-likeness (QED) is 0.754. The molecule has 0 aliphatic carbocycles. The van der Waals surface area contributed by atoms with Crippen LogP contribution in [0.25, 0.3) is 6.08 Å². The molecule has 142 valence electrons. The molecule has 0 saturated carbocycles. The van der Waals surface area contributed by atoms with Gasteiger partial charge in [0, 0.05) is 32.7 Å². The van der Waals surface area contributed by atoms with Crippen LogP contribution in [0.2, 0.25) is 0 Å². The number of carbonyl (C=O) groups excluding carboxylic acids is 1. The molecule has 0 bridgehead atoms. The van der Waals surface area contributed by atoms with Crippen molar-refractivity contribution in [2.45, 2.75) is 13.3 Å². The lowest BCUT2D eigenvalue weighted by molar-refractivity contribution is -0.132. The molecule has 1 heterocycles. The molecule has 4 nitrogen and oxygen atoms in total.